The van der Waals surface area contributed by atoms with Crippen LogP contribution in [0.4, 0.5) is 0 Å². The summed E-state index contributed by atoms with van der Waals surface area (Å²) < 4.78 is 38.4. The molecule has 0 radical (unpaired) electrons. The minimum atomic E-state index is -3.81. The second kappa shape index (κ2) is 7.22. The molecule has 0 aliphatic rings. The number of ether oxygens (including phenoxy) is 1. The van der Waals surface area contributed by atoms with Crippen LogP contribution >= 0.6 is 0 Å². The van der Waals surface area contributed by atoms with Gasteiger partial charge in [-0.2, -0.15) is 0 Å². The Morgan fingerprint density at radius 1 is 1.15 bits per heavy atom. The molecule has 0 fully saturated rings. The van der Waals surface area contributed by atoms with Gasteiger partial charge in [0.1, 0.15) is 16.3 Å². The lowest BCUT2D eigenvalue weighted by Gasteiger charge is -2.12. The summed E-state index contributed by atoms with van der Waals surface area (Å²) in [6.45, 7) is 3.59. The van der Waals surface area contributed by atoms with Crippen molar-refractivity contribution in [2.24, 2.45) is 0 Å². The number of benzene rings is 1. The van der Waals surface area contributed by atoms with E-state index in [0.717, 1.165) is 11.1 Å². The zero-order chi connectivity index (χ0) is 18.7. The second-order valence-electron chi connectivity index (χ2n) is 5.63. The van der Waals surface area contributed by atoms with Gasteiger partial charge in [0.25, 0.3) is 5.89 Å². The fourth-order valence-electron chi connectivity index (χ4n) is 2.29. The molecule has 0 aliphatic heterocycles. The van der Waals surface area contributed by atoms with Gasteiger partial charge in [0.2, 0.25) is 15.9 Å². The molecule has 136 valence electrons. The van der Waals surface area contributed by atoms with Crippen molar-refractivity contribution in [1.82, 2.24) is 19.9 Å². The van der Waals surface area contributed by atoms with Crippen LogP contribution in [0.1, 0.15) is 17.0 Å². The smallest absolute Gasteiger partial charge is 0.266 e. The maximum atomic E-state index is 12.6. The highest BCUT2D eigenvalue weighted by Crippen LogP contribution is 2.27. The van der Waals surface area contributed by atoms with Crippen molar-refractivity contribution in [1.29, 1.82) is 0 Å². The second-order valence-corrected chi connectivity index (χ2v) is 7.36. The predicted octanol–water partition coefficient (Wildman–Crippen LogP) is 2.24. The number of hydrogen-bond donors (Lipinski definition) is 1. The highest BCUT2D eigenvalue weighted by molar-refractivity contribution is 7.89. The quantitative estimate of drug-likeness (QED) is 0.705. The first-order valence-corrected chi connectivity index (χ1v) is 9.27. The van der Waals surface area contributed by atoms with Crippen LogP contribution in [0.15, 0.2) is 45.8 Å². The third-order valence-electron chi connectivity index (χ3n) is 3.83. The van der Waals surface area contributed by atoms with Crippen LogP contribution in [0, 0.1) is 13.8 Å². The van der Waals surface area contributed by atoms with Crippen molar-refractivity contribution in [3.05, 3.63) is 53.5 Å². The SMILES string of the molecule is COc1cc(C)c(C)cc1S(=O)(=O)NCc1nnc(-c2ccccn2)o1. The van der Waals surface area contributed by atoms with Gasteiger partial charge in [-0.05, 0) is 49.2 Å². The molecule has 2 aromatic heterocycles. The molecule has 2 heterocycles. The van der Waals surface area contributed by atoms with Gasteiger partial charge in [-0.1, -0.05) is 6.07 Å². The Morgan fingerprint density at radius 2 is 1.92 bits per heavy atom. The zero-order valence-electron chi connectivity index (χ0n) is 14.6. The van der Waals surface area contributed by atoms with Crippen LogP contribution in [0.3, 0.4) is 0 Å². The van der Waals surface area contributed by atoms with Gasteiger partial charge in [-0.3, -0.25) is 4.98 Å². The number of hydrogen-bond acceptors (Lipinski definition) is 7. The average molecular weight is 374 g/mol. The first kappa shape index (κ1) is 18.0. The number of sulfonamides is 1. The minimum Gasteiger partial charge on any atom is -0.495 e. The fraction of sp³-hybridized carbons (Fsp3) is 0.235. The molecule has 0 aliphatic carbocycles. The number of nitrogens with one attached hydrogen (secondary N) is 1. The van der Waals surface area contributed by atoms with E-state index in [1.807, 2.05) is 13.8 Å². The number of methoxy groups -OCH3 is 1. The molecular weight excluding hydrogens is 356 g/mol. The van der Waals surface area contributed by atoms with Crippen molar-refractivity contribution in [2.75, 3.05) is 7.11 Å². The molecule has 0 saturated heterocycles. The average Bonchev–Trinajstić information content (AvgIpc) is 3.12. The van der Waals surface area contributed by atoms with Gasteiger partial charge in [-0.25, -0.2) is 13.1 Å². The number of pyridine rings is 1. The predicted molar refractivity (Wildman–Crippen MR) is 94.0 cm³/mol. The van der Waals surface area contributed by atoms with E-state index >= 15 is 0 Å². The van der Waals surface area contributed by atoms with E-state index in [9.17, 15) is 8.42 Å². The first-order chi connectivity index (χ1) is 12.4. The molecule has 9 heteroatoms. The molecule has 26 heavy (non-hydrogen) atoms. The minimum absolute atomic E-state index is 0.0626. The molecule has 0 atom stereocenters. The van der Waals surface area contributed by atoms with Crippen LogP contribution in [-0.4, -0.2) is 30.7 Å². The van der Waals surface area contributed by atoms with E-state index in [-0.39, 0.29) is 29.0 Å². The summed E-state index contributed by atoms with van der Waals surface area (Å²) in [6.07, 6.45) is 1.61. The molecule has 1 N–H and O–H groups in total. The molecule has 0 bridgehead atoms. The van der Waals surface area contributed by atoms with Gasteiger partial charge >= 0.3 is 0 Å². The first-order valence-electron chi connectivity index (χ1n) is 7.79. The zero-order valence-corrected chi connectivity index (χ0v) is 15.4. The standard InChI is InChI=1S/C17H18N4O4S/c1-11-8-14(24-3)15(9-12(11)2)26(22,23)19-10-16-20-21-17(25-16)13-6-4-5-7-18-13/h4-9,19H,10H2,1-3H3. The largest absolute Gasteiger partial charge is 0.495 e. The van der Waals surface area contributed by atoms with Crippen LogP contribution < -0.4 is 9.46 Å². The lowest BCUT2D eigenvalue weighted by molar-refractivity contribution is 0.401. The van der Waals surface area contributed by atoms with E-state index in [1.54, 1.807) is 36.5 Å². The van der Waals surface area contributed by atoms with Crippen molar-refractivity contribution in [2.45, 2.75) is 25.3 Å². The lowest BCUT2D eigenvalue weighted by Crippen LogP contribution is -2.24. The van der Waals surface area contributed by atoms with E-state index in [0.29, 0.717) is 5.69 Å². The summed E-state index contributed by atoms with van der Waals surface area (Å²) in [7, 11) is -2.38. The maximum Gasteiger partial charge on any atom is 0.266 e. The van der Waals surface area contributed by atoms with E-state index in [2.05, 4.69) is 19.9 Å². The third kappa shape index (κ3) is 3.73. The summed E-state index contributed by atoms with van der Waals surface area (Å²) in [6, 6.07) is 8.55. The van der Waals surface area contributed by atoms with Crippen molar-refractivity contribution >= 4 is 10.0 Å². The maximum absolute atomic E-state index is 12.6. The summed E-state index contributed by atoms with van der Waals surface area (Å²) in [4.78, 5) is 4.17. The summed E-state index contributed by atoms with van der Waals surface area (Å²) in [5.74, 6) is 0.640. The summed E-state index contributed by atoms with van der Waals surface area (Å²) >= 11 is 0. The number of rotatable bonds is 6. The van der Waals surface area contributed by atoms with Gasteiger partial charge in [-0.15, -0.1) is 10.2 Å². The molecule has 1 aromatic carbocycles. The summed E-state index contributed by atoms with van der Waals surface area (Å²) in [5, 5.41) is 7.73. The van der Waals surface area contributed by atoms with Crippen LogP contribution in [0.2, 0.25) is 0 Å². The molecule has 8 nitrogen and oxygen atoms in total. The highest BCUT2D eigenvalue weighted by Gasteiger charge is 2.21. The molecule has 0 amide bonds. The summed E-state index contributed by atoms with van der Waals surface area (Å²) in [5.41, 5.74) is 2.31. The Kier molecular flexibility index (Phi) is 5.01. The van der Waals surface area contributed by atoms with Gasteiger partial charge in [0, 0.05) is 6.20 Å². The topological polar surface area (TPSA) is 107 Å². The Bertz CT molecular complexity index is 1020. The molecule has 0 saturated carbocycles. The van der Waals surface area contributed by atoms with Crippen LogP contribution in [0.25, 0.3) is 11.6 Å². The van der Waals surface area contributed by atoms with E-state index < -0.39 is 10.0 Å². The van der Waals surface area contributed by atoms with Crippen molar-refractivity contribution in [3.8, 4) is 17.3 Å². The number of aryl methyl sites for hydroxylation is 2. The molecule has 0 unspecified atom stereocenters. The monoisotopic (exact) mass is 374 g/mol. The van der Waals surface area contributed by atoms with Crippen LogP contribution in [-0.2, 0) is 16.6 Å². The van der Waals surface area contributed by atoms with Crippen molar-refractivity contribution < 1.29 is 17.6 Å². The molecule has 0 spiro atoms. The normalized spacial score (nSPS) is 11.5. The third-order valence-corrected chi connectivity index (χ3v) is 5.26. The van der Waals surface area contributed by atoms with Gasteiger partial charge < -0.3 is 9.15 Å². The van der Waals surface area contributed by atoms with Crippen LogP contribution in [0.5, 0.6) is 5.75 Å². The molecule has 3 aromatic rings. The molecule has 3 rings (SSSR count). The van der Waals surface area contributed by atoms with Gasteiger partial charge in [0.15, 0.2) is 0 Å². The Hall–Kier alpha value is -2.78. The highest BCUT2D eigenvalue weighted by atomic mass is 32.2. The van der Waals surface area contributed by atoms with Crippen molar-refractivity contribution in [3.63, 3.8) is 0 Å². The Balaban J connectivity index is 1.79. The fourth-order valence-corrected chi connectivity index (χ4v) is 3.49. The van der Waals surface area contributed by atoms with Gasteiger partial charge in [0.05, 0.1) is 13.7 Å². The molecular formula is C17H18N4O4S. The Morgan fingerprint density at radius 3 is 2.62 bits per heavy atom. The number of nitrogens with zero attached hydrogens (tertiary/aromatic N) is 3. The lowest BCUT2D eigenvalue weighted by atomic mass is 10.1. The number of aromatic nitrogens is 3. The van der Waals surface area contributed by atoms with E-state index in [1.165, 1.54) is 7.11 Å². The van der Waals surface area contributed by atoms with E-state index in [4.69, 9.17) is 9.15 Å². The Labute approximate surface area is 151 Å².